The number of methoxy groups -OCH3 is 1. The van der Waals surface area contributed by atoms with E-state index in [1.165, 1.54) is 4.90 Å². The maximum Gasteiger partial charge on any atom is 0.308 e. The highest BCUT2D eigenvalue weighted by molar-refractivity contribution is 5.93. The monoisotopic (exact) mass is 377 g/mol. The van der Waals surface area contributed by atoms with Gasteiger partial charge in [-0.25, -0.2) is 0 Å². The van der Waals surface area contributed by atoms with E-state index in [9.17, 15) is 14.4 Å². The molecule has 1 fully saturated rings. The van der Waals surface area contributed by atoms with E-state index < -0.39 is 12.0 Å². The summed E-state index contributed by atoms with van der Waals surface area (Å²) in [6, 6.07) is 6.35. The third-order valence-corrected chi connectivity index (χ3v) is 4.31. The Labute approximate surface area is 159 Å². The summed E-state index contributed by atoms with van der Waals surface area (Å²) >= 11 is 0. The molecule has 1 aliphatic rings. The summed E-state index contributed by atoms with van der Waals surface area (Å²) in [5, 5.41) is 5.73. The number of hydrogen-bond acceptors (Lipinski definition) is 6. The van der Waals surface area contributed by atoms with Gasteiger partial charge < -0.3 is 25.0 Å². The first kappa shape index (κ1) is 20.5. The van der Waals surface area contributed by atoms with Crippen molar-refractivity contribution < 1.29 is 23.9 Å². The molecule has 0 aliphatic carbocycles. The van der Waals surface area contributed by atoms with Gasteiger partial charge in [0.2, 0.25) is 11.8 Å². The molecule has 1 aromatic rings. The maximum atomic E-state index is 12.6. The molecule has 2 amide bonds. The van der Waals surface area contributed by atoms with Crippen molar-refractivity contribution in [1.82, 2.24) is 10.2 Å². The van der Waals surface area contributed by atoms with Gasteiger partial charge in [0.15, 0.2) is 0 Å². The lowest BCUT2D eigenvalue weighted by Gasteiger charge is -2.34. The third-order valence-electron chi connectivity index (χ3n) is 4.31. The van der Waals surface area contributed by atoms with Crippen LogP contribution in [0.5, 0.6) is 5.75 Å². The molecule has 2 rings (SSSR count). The van der Waals surface area contributed by atoms with Gasteiger partial charge in [-0.1, -0.05) is 13.3 Å². The van der Waals surface area contributed by atoms with Crippen molar-refractivity contribution in [2.24, 2.45) is 0 Å². The second kappa shape index (κ2) is 10.4. The third kappa shape index (κ3) is 6.16. The molecule has 8 heteroatoms. The zero-order valence-electron chi connectivity index (χ0n) is 15.8. The number of carbonyl (C=O) groups is 3. The first-order valence-electron chi connectivity index (χ1n) is 9.16. The van der Waals surface area contributed by atoms with Crippen molar-refractivity contribution in [2.45, 2.75) is 32.2 Å². The van der Waals surface area contributed by atoms with E-state index in [1.54, 1.807) is 31.4 Å². The molecule has 8 nitrogen and oxygen atoms in total. The largest absolute Gasteiger partial charge is 0.497 e. The fraction of sp³-hybridized carbons (Fsp3) is 0.526. The van der Waals surface area contributed by atoms with E-state index in [-0.39, 0.29) is 24.8 Å². The van der Waals surface area contributed by atoms with E-state index >= 15 is 0 Å². The lowest BCUT2D eigenvalue weighted by atomic mass is 10.1. The van der Waals surface area contributed by atoms with Crippen molar-refractivity contribution in [3.63, 3.8) is 0 Å². The van der Waals surface area contributed by atoms with Gasteiger partial charge in [-0.2, -0.15) is 0 Å². The zero-order valence-corrected chi connectivity index (χ0v) is 15.8. The van der Waals surface area contributed by atoms with Crippen molar-refractivity contribution in [3.8, 4) is 5.75 Å². The number of hydrogen-bond donors (Lipinski definition) is 2. The summed E-state index contributed by atoms with van der Waals surface area (Å²) in [5.74, 6) is -0.314. The van der Waals surface area contributed by atoms with Crippen LogP contribution in [0, 0.1) is 0 Å². The van der Waals surface area contributed by atoms with Crippen LogP contribution in [-0.2, 0) is 19.1 Å². The predicted molar refractivity (Wildman–Crippen MR) is 100 cm³/mol. The van der Waals surface area contributed by atoms with Gasteiger partial charge in [-0.05, 0) is 30.7 Å². The number of esters is 1. The summed E-state index contributed by atoms with van der Waals surface area (Å²) in [5.41, 5.74) is 0.765. The van der Waals surface area contributed by atoms with Gasteiger partial charge >= 0.3 is 5.97 Å². The van der Waals surface area contributed by atoms with Crippen LogP contribution in [0.1, 0.15) is 26.2 Å². The van der Waals surface area contributed by atoms with Gasteiger partial charge in [0, 0.05) is 18.8 Å². The Bertz CT molecular complexity index is 647. The summed E-state index contributed by atoms with van der Waals surface area (Å²) in [4.78, 5) is 38.2. The maximum absolute atomic E-state index is 12.6. The van der Waals surface area contributed by atoms with E-state index in [0.717, 1.165) is 24.3 Å². The smallest absolute Gasteiger partial charge is 0.308 e. The quantitative estimate of drug-likeness (QED) is 0.495. The number of amides is 2. The molecule has 27 heavy (non-hydrogen) atoms. The first-order valence-corrected chi connectivity index (χ1v) is 9.16. The highest BCUT2D eigenvalue weighted by atomic mass is 16.5. The Balaban J connectivity index is 1.92. The number of benzene rings is 1. The molecule has 0 spiro atoms. The molecule has 148 valence electrons. The lowest BCUT2D eigenvalue weighted by molar-refractivity contribution is -0.151. The Kier molecular flexibility index (Phi) is 7.91. The van der Waals surface area contributed by atoms with Gasteiger partial charge in [0.25, 0.3) is 0 Å². The van der Waals surface area contributed by atoms with Crippen molar-refractivity contribution in [1.29, 1.82) is 0 Å². The Morgan fingerprint density at radius 1 is 1.30 bits per heavy atom. The van der Waals surface area contributed by atoms with Gasteiger partial charge in [-0.3, -0.25) is 14.4 Å². The van der Waals surface area contributed by atoms with E-state index in [1.807, 2.05) is 6.92 Å². The van der Waals surface area contributed by atoms with Crippen molar-refractivity contribution in [3.05, 3.63) is 24.3 Å². The highest BCUT2D eigenvalue weighted by Crippen LogP contribution is 2.16. The molecule has 0 saturated carbocycles. The minimum atomic E-state index is -0.835. The molecule has 1 aromatic carbocycles. The molecule has 1 heterocycles. The topological polar surface area (TPSA) is 97.0 Å². The van der Waals surface area contributed by atoms with Gasteiger partial charge in [-0.15, -0.1) is 0 Å². The molecule has 0 aromatic heterocycles. The standard InChI is InChI=1S/C19H27N3O5/c1-3-4-11-27-18(24)12-16-19(25)20-9-10-22(16)17(23)13-21-14-5-7-15(26-2)8-6-14/h5-8,16,21H,3-4,9-13H2,1-2H3,(H,20,25). The molecule has 1 aliphatic heterocycles. The fourth-order valence-electron chi connectivity index (χ4n) is 2.75. The SMILES string of the molecule is CCCCOC(=O)CC1C(=O)NCCN1C(=O)CNc1ccc(OC)cc1. The average Bonchev–Trinajstić information content (AvgIpc) is 2.68. The Morgan fingerprint density at radius 2 is 2.04 bits per heavy atom. The number of piperazine rings is 1. The fourth-order valence-corrected chi connectivity index (χ4v) is 2.75. The van der Waals surface area contributed by atoms with Crippen molar-refractivity contribution in [2.75, 3.05) is 38.7 Å². The molecule has 2 N–H and O–H groups in total. The molecular weight excluding hydrogens is 350 g/mol. The van der Waals surface area contributed by atoms with Crippen LogP contribution in [-0.4, -0.2) is 62.1 Å². The van der Waals surface area contributed by atoms with Crippen LogP contribution in [0.3, 0.4) is 0 Å². The minimum Gasteiger partial charge on any atom is -0.497 e. The summed E-state index contributed by atoms with van der Waals surface area (Å²) < 4.78 is 10.2. The number of anilines is 1. The van der Waals surface area contributed by atoms with Crippen LogP contribution in [0.25, 0.3) is 0 Å². The molecule has 0 radical (unpaired) electrons. The van der Waals surface area contributed by atoms with E-state index in [4.69, 9.17) is 9.47 Å². The van der Waals surface area contributed by atoms with E-state index in [2.05, 4.69) is 10.6 Å². The number of rotatable bonds is 9. The minimum absolute atomic E-state index is 0.0288. The zero-order chi connectivity index (χ0) is 19.6. The predicted octanol–water partition coefficient (Wildman–Crippen LogP) is 1.17. The van der Waals surface area contributed by atoms with Gasteiger partial charge in [0.1, 0.15) is 11.8 Å². The van der Waals surface area contributed by atoms with Crippen LogP contribution < -0.4 is 15.4 Å². The normalized spacial score (nSPS) is 16.4. The number of unbranched alkanes of at least 4 members (excludes halogenated alkanes) is 1. The molecular formula is C19H27N3O5. The second-order valence-corrected chi connectivity index (χ2v) is 6.25. The first-order chi connectivity index (χ1) is 13.0. The molecule has 1 saturated heterocycles. The summed E-state index contributed by atoms with van der Waals surface area (Å²) in [6.45, 7) is 3.09. The Morgan fingerprint density at radius 3 is 2.70 bits per heavy atom. The molecule has 0 bridgehead atoms. The van der Waals surface area contributed by atoms with Crippen LogP contribution >= 0.6 is 0 Å². The Hall–Kier alpha value is -2.77. The van der Waals surface area contributed by atoms with Crippen LogP contribution in [0.15, 0.2) is 24.3 Å². The van der Waals surface area contributed by atoms with Crippen molar-refractivity contribution >= 4 is 23.5 Å². The molecule has 1 atom stereocenters. The number of nitrogens with one attached hydrogen (secondary N) is 2. The average molecular weight is 377 g/mol. The molecule has 1 unspecified atom stereocenters. The van der Waals surface area contributed by atoms with Crippen LogP contribution in [0.4, 0.5) is 5.69 Å². The number of ether oxygens (including phenoxy) is 2. The highest BCUT2D eigenvalue weighted by Gasteiger charge is 2.34. The van der Waals surface area contributed by atoms with E-state index in [0.29, 0.717) is 19.7 Å². The van der Waals surface area contributed by atoms with Crippen LogP contribution in [0.2, 0.25) is 0 Å². The summed E-state index contributed by atoms with van der Waals surface area (Å²) in [7, 11) is 1.58. The number of carbonyl (C=O) groups excluding carboxylic acids is 3. The second-order valence-electron chi connectivity index (χ2n) is 6.25. The number of nitrogens with zero attached hydrogens (tertiary/aromatic N) is 1. The van der Waals surface area contributed by atoms with Gasteiger partial charge in [0.05, 0.1) is 26.7 Å². The lowest BCUT2D eigenvalue weighted by Crippen LogP contribution is -2.58. The summed E-state index contributed by atoms with van der Waals surface area (Å²) in [6.07, 6.45) is 1.56.